The first kappa shape index (κ1) is 19.3. The molecule has 0 saturated heterocycles. The molecule has 3 aromatic heterocycles. The first-order valence-corrected chi connectivity index (χ1v) is 10.3. The van der Waals surface area contributed by atoms with E-state index in [1.54, 1.807) is 59.3 Å². The van der Waals surface area contributed by atoms with E-state index in [2.05, 4.69) is 25.6 Å². The first-order valence-electron chi connectivity index (χ1n) is 9.92. The van der Waals surface area contributed by atoms with E-state index >= 15 is 0 Å². The molecule has 0 saturated carbocycles. The first-order chi connectivity index (χ1) is 16.1. The Bertz CT molecular complexity index is 1640. The van der Waals surface area contributed by atoms with Gasteiger partial charge in [0.1, 0.15) is 11.1 Å². The number of carbonyl (C=O) groups is 1. The average molecular weight is 460 g/mol. The van der Waals surface area contributed by atoms with Crippen molar-refractivity contribution in [2.24, 2.45) is 0 Å². The quantitative estimate of drug-likeness (QED) is 0.425. The minimum absolute atomic E-state index is 0.0137. The summed E-state index contributed by atoms with van der Waals surface area (Å²) in [5.74, 6) is 1.01. The Morgan fingerprint density at radius 2 is 2.00 bits per heavy atom. The van der Waals surface area contributed by atoms with Crippen molar-refractivity contribution in [1.82, 2.24) is 23.9 Å². The molecule has 0 fully saturated rings. The second-order valence-electron chi connectivity index (χ2n) is 7.29. The lowest BCUT2D eigenvalue weighted by molar-refractivity contribution is -0.118. The lowest BCUT2D eigenvalue weighted by atomic mass is 10.2. The summed E-state index contributed by atoms with van der Waals surface area (Å²) in [4.78, 5) is 38.2. The normalized spacial score (nSPS) is 12.9. The summed E-state index contributed by atoms with van der Waals surface area (Å²) >= 11 is 6.35. The SMILES string of the molecule is O=C1COc2ccc(Nc3ncc4c(=O)n(-c5ccccc5Cl)c5nccn5c4n3)cc2N1. The number of fused-ring (bicyclic) bond motifs is 4. The lowest BCUT2D eigenvalue weighted by Crippen LogP contribution is -2.25. The number of carbonyl (C=O) groups excluding carboxylic acids is 1. The molecule has 1 amide bonds. The summed E-state index contributed by atoms with van der Waals surface area (Å²) in [5, 5.41) is 6.58. The molecule has 6 rings (SSSR count). The maximum absolute atomic E-state index is 13.4. The van der Waals surface area contributed by atoms with Crippen molar-refractivity contribution in [2.75, 3.05) is 17.2 Å². The zero-order chi connectivity index (χ0) is 22.5. The number of nitrogens with one attached hydrogen (secondary N) is 2. The van der Waals surface area contributed by atoms with Crippen LogP contribution in [-0.4, -0.2) is 36.4 Å². The van der Waals surface area contributed by atoms with E-state index in [0.717, 1.165) is 0 Å². The van der Waals surface area contributed by atoms with Gasteiger partial charge in [-0.25, -0.2) is 14.5 Å². The second kappa shape index (κ2) is 7.31. The van der Waals surface area contributed by atoms with Crippen LogP contribution in [0.5, 0.6) is 5.75 Å². The zero-order valence-electron chi connectivity index (χ0n) is 16.8. The van der Waals surface area contributed by atoms with Crippen LogP contribution in [0.1, 0.15) is 0 Å². The molecular formula is C22H14ClN7O3. The highest BCUT2D eigenvalue weighted by Crippen LogP contribution is 2.31. The van der Waals surface area contributed by atoms with Crippen LogP contribution in [0.2, 0.25) is 5.02 Å². The van der Waals surface area contributed by atoms with Crippen LogP contribution in [0.15, 0.2) is 65.8 Å². The number of hydrogen-bond acceptors (Lipinski definition) is 7. The molecule has 0 aliphatic carbocycles. The number of hydrogen-bond donors (Lipinski definition) is 2. The van der Waals surface area contributed by atoms with Crippen molar-refractivity contribution in [3.8, 4) is 11.4 Å². The van der Waals surface area contributed by atoms with Gasteiger partial charge < -0.3 is 15.4 Å². The highest BCUT2D eigenvalue weighted by molar-refractivity contribution is 6.32. The van der Waals surface area contributed by atoms with Gasteiger partial charge in [-0.2, -0.15) is 4.98 Å². The van der Waals surface area contributed by atoms with Gasteiger partial charge in [0.15, 0.2) is 12.3 Å². The van der Waals surface area contributed by atoms with Crippen molar-refractivity contribution in [2.45, 2.75) is 0 Å². The van der Waals surface area contributed by atoms with Gasteiger partial charge in [-0.05, 0) is 30.3 Å². The Morgan fingerprint density at radius 1 is 1.12 bits per heavy atom. The van der Waals surface area contributed by atoms with E-state index in [1.165, 1.54) is 10.8 Å². The number of para-hydroxylation sites is 1. The van der Waals surface area contributed by atoms with Crippen molar-refractivity contribution in [3.63, 3.8) is 0 Å². The molecule has 0 unspecified atom stereocenters. The van der Waals surface area contributed by atoms with Gasteiger partial charge in [0.2, 0.25) is 11.7 Å². The Balaban J connectivity index is 1.47. The number of imidazole rings is 1. The zero-order valence-corrected chi connectivity index (χ0v) is 17.6. The van der Waals surface area contributed by atoms with E-state index < -0.39 is 0 Å². The molecule has 0 radical (unpaired) electrons. The van der Waals surface area contributed by atoms with Crippen LogP contribution in [0, 0.1) is 0 Å². The van der Waals surface area contributed by atoms with E-state index in [4.69, 9.17) is 16.3 Å². The predicted octanol–water partition coefficient (Wildman–Crippen LogP) is 3.16. The third kappa shape index (κ3) is 3.15. The average Bonchev–Trinajstić information content (AvgIpc) is 3.30. The highest BCUT2D eigenvalue weighted by Gasteiger charge is 2.18. The largest absolute Gasteiger partial charge is 0.482 e. The Morgan fingerprint density at radius 3 is 2.88 bits per heavy atom. The Hall–Kier alpha value is -4.44. The number of rotatable bonds is 3. The predicted molar refractivity (Wildman–Crippen MR) is 123 cm³/mol. The highest BCUT2D eigenvalue weighted by atomic mass is 35.5. The molecule has 2 N–H and O–H groups in total. The van der Waals surface area contributed by atoms with Crippen LogP contribution in [0.3, 0.4) is 0 Å². The molecule has 0 atom stereocenters. The monoisotopic (exact) mass is 459 g/mol. The summed E-state index contributed by atoms with van der Waals surface area (Å²) in [7, 11) is 0. The summed E-state index contributed by atoms with van der Waals surface area (Å²) in [6.07, 6.45) is 4.76. The Labute approximate surface area is 190 Å². The van der Waals surface area contributed by atoms with E-state index in [0.29, 0.717) is 44.6 Å². The molecule has 162 valence electrons. The maximum Gasteiger partial charge on any atom is 0.270 e. The van der Waals surface area contributed by atoms with Crippen molar-refractivity contribution in [1.29, 1.82) is 0 Å². The van der Waals surface area contributed by atoms with Crippen LogP contribution < -0.4 is 20.9 Å². The van der Waals surface area contributed by atoms with Gasteiger partial charge >= 0.3 is 0 Å². The minimum Gasteiger partial charge on any atom is -0.482 e. The molecule has 2 aromatic carbocycles. The Kier molecular flexibility index (Phi) is 4.27. The summed E-state index contributed by atoms with van der Waals surface area (Å²) in [5.41, 5.74) is 1.77. The smallest absolute Gasteiger partial charge is 0.270 e. The van der Waals surface area contributed by atoms with Crippen LogP contribution >= 0.6 is 11.6 Å². The summed E-state index contributed by atoms with van der Waals surface area (Å²) < 4.78 is 8.52. The van der Waals surface area contributed by atoms with Gasteiger partial charge in [0, 0.05) is 24.3 Å². The molecule has 0 spiro atoms. The standard InChI is InChI=1S/C22H14ClN7O3/c23-14-3-1-2-4-16(14)30-20(32)13-10-25-21(28-19(13)29-8-7-24-22(29)30)26-12-5-6-17-15(9-12)27-18(31)11-33-17/h1-10H,11H2,(H,27,31)(H,25,26,28). The molecule has 1 aliphatic rings. The van der Waals surface area contributed by atoms with Crippen molar-refractivity contribution >= 4 is 51.6 Å². The number of aromatic nitrogens is 5. The minimum atomic E-state index is -0.336. The molecule has 33 heavy (non-hydrogen) atoms. The van der Waals surface area contributed by atoms with Crippen LogP contribution in [0.4, 0.5) is 17.3 Å². The van der Waals surface area contributed by atoms with Crippen LogP contribution in [-0.2, 0) is 4.79 Å². The molecule has 0 bridgehead atoms. The summed E-state index contributed by atoms with van der Waals surface area (Å²) in [6, 6.07) is 12.3. The third-order valence-corrected chi connectivity index (χ3v) is 5.53. The van der Waals surface area contributed by atoms with Gasteiger partial charge in [-0.1, -0.05) is 23.7 Å². The van der Waals surface area contributed by atoms with Crippen LogP contribution in [0.25, 0.3) is 22.5 Å². The fourth-order valence-electron chi connectivity index (χ4n) is 3.75. The number of amides is 1. The van der Waals surface area contributed by atoms with Gasteiger partial charge in [0.05, 0.1) is 16.4 Å². The fourth-order valence-corrected chi connectivity index (χ4v) is 3.97. The molecule has 10 nitrogen and oxygen atoms in total. The molecule has 11 heteroatoms. The van der Waals surface area contributed by atoms with Gasteiger partial charge in [-0.15, -0.1) is 0 Å². The summed E-state index contributed by atoms with van der Waals surface area (Å²) in [6.45, 7) is -0.0137. The van der Waals surface area contributed by atoms with E-state index in [1.807, 2.05) is 0 Å². The topological polar surface area (TPSA) is 115 Å². The van der Waals surface area contributed by atoms with E-state index in [-0.39, 0.29) is 24.0 Å². The lowest BCUT2D eigenvalue weighted by Gasteiger charge is -2.18. The van der Waals surface area contributed by atoms with Crippen molar-refractivity contribution in [3.05, 3.63) is 76.4 Å². The second-order valence-corrected chi connectivity index (χ2v) is 7.70. The molecular weight excluding hydrogens is 446 g/mol. The van der Waals surface area contributed by atoms with Gasteiger partial charge in [-0.3, -0.25) is 14.0 Å². The molecule has 4 heterocycles. The number of halogens is 1. The maximum atomic E-state index is 13.4. The molecule has 5 aromatic rings. The van der Waals surface area contributed by atoms with E-state index in [9.17, 15) is 9.59 Å². The molecule has 1 aliphatic heterocycles. The number of nitrogens with zero attached hydrogens (tertiary/aromatic N) is 5. The third-order valence-electron chi connectivity index (χ3n) is 5.21. The fraction of sp³-hybridized carbons (Fsp3) is 0.0455. The number of benzene rings is 2. The number of anilines is 3. The number of ether oxygens (including phenoxy) is 1. The van der Waals surface area contributed by atoms with Gasteiger partial charge in [0.25, 0.3) is 11.5 Å². The van der Waals surface area contributed by atoms with Crippen molar-refractivity contribution < 1.29 is 9.53 Å².